The lowest BCUT2D eigenvalue weighted by molar-refractivity contribution is 1.37. The van der Waals surface area contributed by atoms with Crippen molar-refractivity contribution in [1.29, 1.82) is 0 Å². The molecule has 0 unspecified atom stereocenters. The second-order valence-electron chi connectivity index (χ2n) is 8.86. The Morgan fingerprint density at radius 2 is 1.20 bits per heavy atom. The van der Waals surface area contributed by atoms with Gasteiger partial charge in [0.2, 0.25) is 0 Å². The van der Waals surface area contributed by atoms with Crippen molar-refractivity contribution < 1.29 is 0 Å². The molecule has 0 spiro atoms. The van der Waals surface area contributed by atoms with Crippen molar-refractivity contribution in [2.24, 2.45) is 0 Å². The van der Waals surface area contributed by atoms with E-state index in [0.29, 0.717) is 0 Å². The maximum absolute atomic E-state index is 4.81. The van der Waals surface area contributed by atoms with Gasteiger partial charge >= 0.3 is 0 Å². The summed E-state index contributed by atoms with van der Waals surface area (Å²) in [5, 5.41) is 4.98. The van der Waals surface area contributed by atoms with E-state index in [4.69, 9.17) is 4.98 Å². The van der Waals surface area contributed by atoms with Gasteiger partial charge in [-0.1, -0.05) is 103 Å². The molecule has 0 amide bonds. The van der Waals surface area contributed by atoms with E-state index in [2.05, 4.69) is 121 Å². The number of hydrogen-bond acceptors (Lipinski definition) is 2. The number of nitrogens with zero attached hydrogens (tertiary/aromatic N) is 1. The van der Waals surface area contributed by atoms with Gasteiger partial charge in [-0.05, 0) is 45.8 Å². The van der Waals surface area contributed by atoms with Crippen molar-refractivity contribution in [3.63, 3.8) is 0 Å². The van der Waals surface area contributed by atoms with Crippen molar-refractivity contribution in [3.8, 4) is 33.5 Å². The molecular formula is C33H21NS. The summed E-state index contributed by atoms with van der Waals surface area (Å²) in [4.78, 5) is 4.81. The van der Waals surface area contributed by atoms with E-state index in [-0.39, 0.29) is 0 Å². The van der Waals surface area contributed by atoms with E-state index in [0.717, 1.165) is 5.69 Å². The van der Waals surface area contributed by atoms with Gasteiger partial charge in [-0.3, -0.25) is 4.98 Å². The molecule has 0 aliphatic rings. The average Bonchev–Trinajstić information content (AvgIpc) is 3.31. The molecule has 0 atom stereocenters. The Labute approximate surface area is 208 Å². The quantitative estimate of drug-likeness (QED) is 0.254. The zero-order chi connectivity index (χ0) is 23.2. The number of rotatable bonds is 3. The third-order valence-electron chi connectivity index (χ3n) is 6.71. The third-order valence-corrected chi connectivity index (χ3v) is 7.91. The average molecular weight is 464 g/mol. The molecule has 7 rings (SSSR count). The van der Waals surface area contributed by atoms with Crippen molar-refractivity contribution in [2.75, 3.05) is 0 Å². The van der Waals surface area contributed by atoms with Gasteiger partial charge in [0.05, 0.1) is 5.69 Å². The van der Waals surface area contributed by atoms with E-state index < -0.39 is 0 Å². The van der Waals surface area contributed by atoms with E-state index in [1.165, 1.54) is 58.8 Å². The Hall–Kier alpha value is -4.27. The summed E-state index contributed by atoms with van der Waals surface area (Å²) >= 11 is 1.86. The highest BCUT2D eigenvalue weighted by molar-refractivity contribution is 7.26. The summed E-state index contributed by atoms with van der Waals surface area (Å²) in [6.07, 6.45) is 1.98. The Bertz CT molecular complexity index is 1850. The van der Waals surface area contributed by atoms with Gasteiger partial charge in [0.15, 0.2) is 0 Å². The minimum atomic E-state index is 1.02. The molecule has 0 aliphatic carbocycles. The predicted octanol–water partition coefficient (Wildman–Crippen LogP) is 9.60. The largest absolute Gasteiger partial charge is 0.256 e. The normalized spacial score (nSPS) is 11.4. The predicted molar refractivity (Wildman–Crippen MR) is 151 cm³/mol. The van der Waals surface area contributed by atoms with E-state index in [1.807, 2.05) is 17.5 Å². The first-order chi connectivity index (χ1) is 17.3. The zero-order valence-electron chi connectivity index (χ0n) is 19.0. The van der Waals surface area contributed by atoms with E-state index >= 15 is 0 Å². The molecule has 2 heterocycles. The summed E-state index contributed by atoms with van der Waals surface area (Å²) < 4.78 is 2.59. The first-order valence-corrected chi connectivity index (χ1v) is 12.6. The number of thiophene rings is 1. The van der Waals surface area contributed by atoms with Crippen LogP contribution in [0.15, 0.2) is 128 Å². The molecule has 5 aromatic carbocycles. The monoisotopic (exact) mass is 463 g/mol. The van der Waals surface area contributed by atoms with Gasteiger partial charge in [-0.15, -0.1) is 11.3 Å². The van der Waals surface area contributed by atoms with Crippen LogP contribution in [0, 0.1) is 0 Å². The lowest BCUT2D eigenvalue weighted by Crippen LogP contribution is -1.84. The van der Waals surface area contributed by atoms with Crippen LogP contribution in [0.3, 0.4) is 0 Å². The van der Waals surface area contributed by atoms with E-state index in [1.54, 1.807) is 0 Å². The summed E-state index contributed by atoms with van der Waals surface area (Å²) in [5.74, 6) is 0. The molecule has 35 heavy (non-hydrogen) atoms. The number of aromatic nitrogens is 1. The Morgan fingerprint density at radius 1 is 0.486 bits per heavy atom. The topological polar surface area (TPSA) is 12.9 Å². The fraction of sp³-hybridized carbons (Fsp3) is 0. The van der Waals surface area contributed by atoms with Gasteiger partial charge in [0, 0.05) is 37.3 Å². The first kappa shape index (κ1) is 20.1. The highest BCUT2D eigenvalue weighted by Crippen LogP contribution is 2.41. The standard InChI is InChI=1S/C33H21NS/c1-2-8-22(9-3-1)23-12-6-13-24(18-23)26-16-17-28-29-14-7-15-30(33(29)35-32(28)20-26)31-19-25-10-4-5-11-27(25)21-34-31/h1-21H. The molecule has 0 fully saturated rings. The third kappa shape index (κ3) is 3.51. The number of benzene rings is 5. The zero-order valence-corrected chi connectivity index (χ0v) is 19.8. The Kier molecular flexibility index (Phi) is 4.71. The van der Waals surface area contributed by atoms with Crippen LogP contribution in [-0.2, 0) is 0 Å². The Morgan fingerprint density at radius 3 is 2.09 bits per heavy atom. The SMILES string of the molecule is c1ccc(-c2cccc(-c3ccc4c(c3)sc3c(-c5cc6ccccc6cn5)cccc34)c2)cc1. The maximum atomic E-state index is 4.81. The minimum absolute atomic E-state index is 1.02. The molecule has 7 aromatic rings. The van der Waals surface area contributed by atoms with Crippen LogP contribution in [0.1, 0.15) is 0 Å². The van der Waals surface area contributed by atoms with Gasteiger partial charge in [0.25, 0.3) is 0 Å². The van der Waals surface area contributed by atoms with Crippen LogP contribution in [0.2, 0.25) is 0 Å². The number of hydrogen-bond donors (Lipinski definition) is 0. The molecule has 0 saturated heterocycles. The van der Waals surface area contributed by atoms with Gasteiger partial charge < -0.3 is 0 Å². The minimum Gasteiger partial charge on any atom is -0.256 e. The maximum Gasteiger partial charge on any atom is 0.0722 e. The lowest BCUT2D eigenvalue weighted by atomic mass is 9.98. The van der Waals surface area contributed by atoms with Crippen LogP contribution < -0.4 is 0 Å². The van der Waals surface area contributed by atoms with Crippen LogP contribution in [-0.4, -0.2) is 4.98 Å². The number of pyridine rings is 1. The Balaban J connectivity index is 1.36. The molecule has 2 heteroatoms. The second-order valence-corrected chi connectivity index (χ2v) is 9.91. The summed E-state index contributed by atoms with van der Waals surface area (Å²) in [7, 11) is 0. The number of fused-ring (bicyclic) bond motifs is 4. The van der Waals surface area contributed by atoms with Crippen molar-refractivity contribution in [1.82, 2.24) is 4.98 Å². The van der Waals surface area contributed by atoms with Gasteiger partial charge in [-0.25, -0.2) is 0 Å². The molecule has 0 aliphatic heterocycles. The molecule has 164 valence electrons. The summed E-state index contributed by atoms with van der Waals surface area (Å²) in [6.45, 7) is 0. The van der Waals surface area contributed by atoms with Gasteiger partial charge in [-0.2, -0.15) is 0 Å². The van der Waals surface area contributed by atoms with E-state index in [9.17, 15) is 0 Å². The highest BCUT2D eigenvalue weighted by atomic mass is 32.1. The molecular weight excluding hydrogens is 442 g/mol. The van der Waals surface area contributed by atoms with Gasteiger partial charge in [0.1, 0.15) is 0 Å². The van der Waals surface area contributed by atoms with Crippen LogP contribution in [0.4, 0.5) is 0 Å². The summed E-state index contributed by atoms with van der Waals surface area (Å²) in [6, 6.07) is 43.4. The first-order valence-electron chi connectivity index (χ1n) is 11.8. The van der Waals surface area contributed by atoms with Crippen LogP contribution >= 0.6 is 11.3 Å². The molecule has 1 nitrogen and oxygen atoms in total. The lowest BCUT2D eigenvalue weighted by Gasteiger charge is -2.06. The van der Waals surface area contributed by atoms with Crippen LogP contribution in [0.5, 0.6) is 0 Å². The van der Waals surface area contributed by atoms with Crippen molar-refractivity contribution in [2.45, 2.75) is 0 Å². The van der Waals surface area contributed by atoms with Crippen molar-refractivity contribution in [3.05, 3.63) is 128 Å². The highest BCUT2D eigenvalue weighted by Gasteiger charge is 2.13. The fourth-order valence-corrected chi connectivity index (χ4v) is 6.18. The summed E-state index contributed by atoms with van der Waals surface area (Å²) in [5.41, 5.74) is 7.18. The second kappa shape index (κ2) is 8.19. The molecule has 0 saturated carbocycles. The smallest absolute Gasteiger partial charge is 0.0722 e. The molecule has 0 N–H and O–H groups in total. The van der Waals surface area contributed by atoms with Crippen molar-refractivity contribution >= 4 is 42.3 Å². The molecule has 0 radical (unpaired) electrons. The fourth-order valence-electron chi connectivity index (χ4n) is 4.92. The van der Waals surface area contributed by atoms with Crippen LogP contribution in [0.25, 0.3) is 64.5 Å². The molecule has 2 aromatic heterocycles. The molecule has 0 bridgehead atoms.